The van der Waals surface area contributed by atoms with Gasteiger partial charge in [-0.05, 0) is 60.1 Å². The van der Waals surface area contributed by atoms with Crippen LogP contribution in [0.25, 0.3) is 6.08 Å². The van der Waals surface area contributed by atoms with Crippen LogP contribution in [0, 0.1) is 0 Å². The molecule has 27 heavy (non-hydrogen) atoms. The molecule has 1 fully saturated rings. The van der Waals surface area contributed by atoms with Crippen molar-refractivity contribution >= 4 is 40.9 Å². The minimum Gasteiger partial charge on any atom is -0.454 e. The summed E-state index contributed by atoms with van der Waals surface area (Å²) < 4.78 is 10.6. The van der Waals surface area contributed by atoms with Crippen molar-refractivity contribution in [2.24, 2.45) is 0 Å². The number of carbonyl (C=O) groups is 2. The number of aryl methyl sites for hydroxylation is 1. The van der Waals surface area contributed by atoms with Crippen LogP contribution in [0.4, 0.5) is 5.69 Å². The van der Waals surface area contributed by atoms with E-state index in [1.165, 1.54) is 11.0 Å². The monoisotopic (exact) mass is 380 g/mol. The Morgan fingerprint density at radius 3 is 2.59 bits per heavy atom. The number of rotatable bonds is 3. The molecule has 2 aromatic carbocycles. The number of amides is 2. The third-order valence-corrected chi connectivity index (χ3v) is 4.70. The summed E-state index contributed by atoms with van der Waals surface area (Å²) in [4.78, 5) is 26.7. The van der Waals surface area contributed by atoms with E-state index in [1.807, 2.05) is 24.3 Å². The maximum Gasteiger partial charge on any atom is 0.270 e. The fourth-order valence-corrected chi connectivity index (χ4v) is 3.22. The molecular formula is C20H16N2O4S. The smallest absolute Gasteiger partial charge is 0.270 e. The maximum atomic E-state index is 13.0. The Morgan fingerprint density at radius 1 is 1.11 bits per heavy atom. The van der Waals surface area contributed by atoms with Crippen LogP contribution in [-0.2, 0) is 16.0 Å². The van der Waals surface area contributed by atoms with Crippen molar-refractivity contribution in [1.82, 2.24) is 5.32 Å². The standard InChI is InChI=1S/C20H16N2O4S/c1-2-12-3-6-14(7-4-12)22-19(24)15(18(23)21-20(22)27)9-13-5-8-16-17(10-13)26-11-25-16/h3-10H,2,11H2,1H3,(H,21,23,27)/b15-9+. The molecule has 2 heterocycles. The van der Waals surface area contributed by atoms with E-state index in [4.69, 9.17) is 21.7 Å². The summed E-state index contributed by atoms with van der Waals surface area (Å²) in [5.74, 6) is 0.223. The second kappa shape index (κ2) is 6.85. The van der Waals surface area contributed by atoms with Gasteiger partial charge >= 0.3 is 0 Å². The van der Waals surface area contributed by atoms with E-state index in [9.17, 15) is 9.59 Å². The normalized spacial score (nSPS) is 17.4. The highest BCUT2D eigenvalue weighted by molar-refractivity contribution is 7.80. The van der Waals surface area contributed by atoms with E-state index >= 15 is 0 Å². The highest BCUT2D eigenvalue weighted by atomic mass is 32.1. The largest absolute Gasteiger partial charge is 0.454 e. The first kappa shape index (κ1) is 17.2. The first-order chi connectivity index (χ1) is 13.1. The van der Waals surface area contributed by atoms with E-state index in [-0.39, 0.29) is 17.5 Å². The van der Waals surface area contributed by atoms with Gasteiger partial charge in [-0.1, -0.05) is 25.1 Å². The van der Waals surface area contributed by atoms with Gasteiger partial charge in [-0.25, -0.2) is 0 Å². The Kier molecular flexibility index (Phi) is 4.37. The second-order valence-corrected chi connectivity index (χ2v) is 6.48. The number of fused-ring (bicyclic) bond motifs is 1. The lowest BCUT2D eigenvalue weighted by atomic mass is 10.1. The summed E-state index contributed by atoms with van der Waals surface area (Å²) in [6, 6.07) is 12.7. The Morgan fingerprint density at radius 2 is 1.85 bits per heavy atom. The number of anilines is 1. The molecule has 2 amide bonds. The van der Waals surface area contributed by atoms with Gasteiger partial charge in [0.25, 0.3) is 11.8 Å². The topological polar surface area (TPSA) is 67.9 Å². The first-order valence-corrected chi connectivity index (χ1v) is 8.87. The van der Waals surface area contributed by atoms with Crippen molar-refractivity contribution < 1.29 is 19.1 Å². The Bertz CT molecular complexity index is 982. The zero-order valence-electron chi connectivity index (χ0n) is 14.5. The molecular weight excluding hydrogens is 364 g/mol. The predicted molar refractivity (Wildman–Crippen MR) is 105 cm³/mol. The van der Waals surface area contributed by atoms with Gasteiger partial charge in [0, 0.05) is 0 Å². The number of carbonyl (C=O) groups excluding carboxylic acids is 2. The SMILES string of the molecule is CCc1ccc(N2C(=O)/C(=C/c3ccc4c(c3)OCO4)C(=O)NC2=S)cc1. The third-order valence-electron chi connectivity index (χ3n) is 4.41. The molecule has 2 aliphatic rings. The molecule has 1 saturated heterocycles. The molecule has 0 unspecified atom stereocenters. The summed E-state index contributed by atoms with van der Waals surface area (Å²) in [5, 5.41) is 2.65. The van der Waals surface area contributed by atoms with Crippen LogP contribution in [-0.4, -0.2) is 23.7 Å². The highest BCUT2D eigenvalue weighted by Crippen LogP contribution is 2.33. The zero-order chi connectivity index (χ0) is 19.0. The van der Waals surface area contributed by atoms with E-state index < -0.39 is 11.8 Å². The fraction of sp³-hybridized carbons (Fsp3) is 0.150. The summed E-state index contributed by atoms with van der Waals surface area (Å²) >= 11 is 5.22. The molecule has 0 atom stereocenters. The van der Waals surface area contributed by atoms with Crippen molar-refractivity contribution in [3.63, 3.8) is 0 Å². The predicted octanol–water partition coefficient (Wildman–Crippen LogP) is 2.81. The quantitative estimate of drug-likeness (QED) is 0.504. The molecule has 4 rings (SSSR count). The van der Waals surface area contributed by atoms with Crippen molar-refractivity contribution in [2.75, 3.05) is 11.7 Å². The van der Waals surface area contributed by atoms with Crippen LogP contribution >= 0.6 is 12.2 Å². The molecule has 0 bridgehead atoms. The van der Waals surface area contributed by atoms with Crippen molar-refractivity contribution in [1.29, 1.82) is 0 Å². The molecule has 1 N–H and O–H groups in total. The molecule has 0 saturated carbocycles. The van der Waals surface area contributed by atoms with Crippen LogP contribution < -0.4 is 19.7 Å². The summed E-state index contributed by atoms with van der Waals surface area (Å²) in [7, 11) is 0. The fourth-order valence-electron chi connectivity index (χ4n) is 2.94. The van der Waals surface area contributed by atoms with Gasteiger partial charge < -0.3 is 9.47 Å². The van der Waals surface area contributed by atoms with Crippen LogP contribution in [0.2, 0.25) is 0 Å². The van der Waals surface area contributed by atoms with Crippen LogP contribution in [0.5, 0.6) is 11.5 Å². The number of ether oxygens (including phenoxy) is 2. The van der Waals surface area contributed by atoms with Gasteiger partial charge in [0.2, 0.25) is 6.79 Å². The molecule has 0 aliphatic carbocycles. The number of hydrogen-bond donors (Lipinski definition) is 1. The van der Waals surface area contributed by atoms with Gasteiger partial charge in [0.1, 0.15) is 5.57 Å². The van der Waals surface area contributed by atoms with Gasteiger partial charge in [-0.2, -0.15) is 0 Å². The molecule has 2 aliphatic heterocycles. The molecule has 136 valence electrons. The van der Waals surface area contributed by atoms with Crippen molar-refractivity contribution in [3.8, 4) is 11.5 Å². The number of benzene rings is 2. The van der Waals surface area contributed by atoms with E-state index in [1.54, 1.807) is 18.2 Å². The van der Waals surface area contributed by atoms with Gasteiger partial charge in [-0.3, -0.25) is 19.8 Å². The maximum absolute atomic E-state index is 13.0. The molecule has 2 aromatic rings. The van der Waals surface area contributed by atoms with Crippen LogP contribution in [0.15, 0.2) is 48.0 Å². The van der Waals surface area contributed by atoms with Crippen molar-refractivity contribution in [2.45, 2.75) is 13.3 Å². The second-order valence-electron chi connectivity index (χ2n) is 6.09. The van der Waals surface area contributed by atoms with Crippen LogP contribution in [0.1, 0.15) is 18.1 Å². The molecule has 0 radical (unpaired) electrons. The third kappa shape index (κ3) is 3.17. The summed E-state index contributed by atoms with van der Waals surface area (Å²) in [6.07, 6.45) is 2.42. The van der Waals surface area contributed by atoms with Gasteiger partial charge in [0.15, 0.2) is 16.6 Å². The Balaban J connectivity index is 1.69. The molecule has 7 heteroatoms. The average molecular weight is 380 g/mol. The zero-order valence-corrected chi connectivity index (χ0v) is 15.3. The van der Waals surface area contributed by atoms with Gasteiger partial charge in [0.05, 0.1) is 5.69 Å². The Labute approximate surface area is 161 Å². The lowest BCUT2D eigenvalue weighted by Crippen LogP contribution is -2.54. The minimum absolute atomic E-state index is 0.00188. The van der Waals surface area contributed by atoms with E-state index in [2.05, 4.69) is 12.2 Å². The number of thiocarbonyl (C=S) groups is 1. The Hall–Kier alpha value is -3.19. The minimum atomic E-state index is -0.524. The van der Waals surface area contributed by atoms with Crippen molar-refractivity contribution in [3.05, 3.63) is 59.2 Å². The van der Waals surface area contributed by atoms with E-state index in [0.29, 0.717) is 22.7 Å². The van der Waals surface area contributed by atoms with E-state index in [0.717, 1.165) is 12.0 Å². The van der Waals surface area contributed by atoms with Crippen LogP contribution in [0.3, 0.4) is 0 Å². The first-order valence-electron chi connectivity index (χ1n) is 8.47. The summed E-state index contributed by atoms with van der Waals surface area (Å²) in [5.41, 5.74) is 2.42. The lowest BCUT2D eigenvalue weighted by molar-refractivity contribution is -0.122. The average Bonchev–Trinajstić information content (AvgIpc) is 3.13. The number of nitrogens with one attached hydrogen (secondary N) is 1. The summed E-state index contributed by atoms with van der Waals surface area (Å²) in [6.45, 7) is 2.21. The molecule has 0 aromatic heterocycles. The number of nitrogens with zero attached hydrogens (tertiary/aromatic N) is 1. The highest BCUT2D eigenvalue weighted by Gasteiger charge is 2.34. The van der Waals surface area contributed by atoms with Gasteiger partial charge in [-0.15, -0.1) is 0 Å². The number of hydrogen-bond acceptors (Lipinski definition) is 5. The molecule has 0 spiro atoms. The molecule has 6 nitrogen and oxygen atoms in total. The lowest BCUT2D eigenvalue weighted by Gasteiger charge is -2.29.